The van der Waals surface area contributed by atoms with E-state index in [0.29, 0.717) is 18.8 Å². The van der Waals surface area contributed by atoms with Gasteiger partial charge in [0, 0.05) is 38.3 Å². The van der Waals surface area contributed by atoms with Crippen molar-refractivity contribution >= 4 is 12.0 Å². The number of benzene rings is 3. The predicted octanol–water partition coefficient (Wildman–Crippen LogP) is 5.33. The Labute approximate surface area is 218 Å². The van der Waals surface area contributed by atoms with Crippen LogP contribution in [0.2, 0.25) is 0 Å². The molecule has 0 N–H and O–H groups in total. The summed E-state index contributed by atoms with van der Waals surface area (Å²) >= 11 is 0. The molecule has 3 aromatic carbocycles. The summed E-state index contributed by atoms with van der Waals surface area (Å²) in [5.74, 6) is 0.759. The maximum atomic E-state index is 13.7. The number of carbonyl (C=O) groups excluding carboxylic acids is 1. The molecule has 6 heteroatoms. The van der Waals surface area contributed by atoms with E-state index in [1.807, 2.05) is 77.7 Å². The van der Waals surface area contributed by atoms with Crippen molar-refractivity contribution in [3.8, 4) is 22.7 Å². The van der Waals surface area contributed by atoms with Gasteiger partial charge in [-0.15, -0.1) is 0 Å². The lowest BCUT2D eigenvalue weighted by atomic mass is 10.1. The van der Waals surface area contributed by atoms with E-state index < -0.39 is 0 Å². The second-order valence-corrected chi connectivity index (χ2v) is 9.30. The molecule has 0 atom stereocenters. The smallest absolute Gasteiger partial charge is 0.272 e. The number of nitrogens with zero attached hydrogens (tertiary/aromatic N) is 4. The van der Waals surface area contributed by atoms with Gasteiger partial charge in [-0.1, -0.05) is 72.3 Å². The van der Waals surface area contributed by atoms with Gasteiger partial charge in [-0.05, 0) is 42.8 Å². The first-order chi connectivity index (χ1) is 18.1. The monoisotopic (exact) mass is 492 g/mol. The van der Waals surface area contributed by atoms with Crippen molar-refractivity contribution in [3.63, 3.8) is 0 Å². The Balaban J connectivity index is 1.33. The van der Waals surface area contributed by atoms with Crippen LogP contribution >= 0.6 is 0 Å². The van der Waals surface area contributed by atoms with Crippen molar-refractivity contribution < 1.29 is 9.53 Å². The van der Waals surface area contributed by atoms with Gasteiger partial charge in [-0.3, -0.25) is 9.69 Å². The largest absolute Gasteiger partial charge is 0.497 e. The summed E-state index contributed by atoms with van der Waals surface area (Å²) < 4.78 is 7.17. The van der Waals surface area contributed by atoms with Crippen molar-refractivity contribution in [2.75, 3.05) is 39.8 Å². The van der Waals surface area contributed by atoms with Gasteiger partial charge in [0.2, 0.25) is 0 Å². The highest BCUT2D eigenvalue weighted by atomic mass is 16.5. The summed E-state index contributed by atoms with van der Waals surface area (Å²) in [5.41, 5.74) is 5.45. The van der Waals surface area contributed by atoms with Gasteiger partial charge in [0.1, 0.15) is 11.4 Å². The van der Waals surface area contributed by atoms with E-state index in [-0.39, 0.29) is 5.91 Å². The Morgan fingerprint density at radius 3 is 2.41 bits per heavy atom. The molecular formula is C31H32N4O2. The third kappa shape index (κ3) is 5.81. The topological polar surface area (TPSA) is 50.6 Å². The number of methoxy groups -OCH3 is 1. The lowest BCUT2D eigenvalue weighted by Gasteiger charge is -2.34. The molecule has 0 aliphatic carbocycles. The van der Waals surface area contributed by atoms with Crippen LogP contribution in [0.15, 0.2) is 91.0 Å². The van der Waals surface area contributed by atoms with Gasteiger partial charge in [-0.25, -0.2) is 4.68 Å². The number of amides is 1. The minimum atomic E-state index is 0.00157. The van der Waals surface area contributed by atoms with E-state index in [9.17, 15) is 4.79 Å². The predicted molar refractivity (Wildman–Crippen MR) is 148 cm³/mol. The molecule has 4 aromatic rings. The summed E-state index contributed by atoms with van der Waals surface area (Å²) in [4.78, 5) is 18.1. The highest BCUT2D eigenvalue weighted by Crippen LogP contribution is 2.26. The molecule has 1 saturated heterocycles. The molecule has 0 bridgehead atoms. The number of ether oxygens (including phenoxy) is 1. The number of aryl methyl sites for hydroxylation is 1. The van der Waals surface area contributed by atoms with Crippen LogP contribution in [0.1, 0.15) is 21.6 Å². The molecular weight excluding hydrogens is 460 g/mol. The fourth-order valence-electron chi connectivity index (χ4n) is 4.54. The highest BCUT2D eigenvalue weighted by Gasteiger charge is 2.26. The Morgan fingerprint density at radius 2 is 1.68 bits per heavy atom. The van der Waals surface area contributed by atoms with Gasteiger partial charge in [0.05, 0.1) is 18.5 Å². The maximum Gasteiger partial charge on any atom is 0.272 e. The normalized spacial score (nSPS) is 14.3. The van der Waals surface area contributed by atoms with Crippen LogP contribution in [0.4, 0.5) is 0 Å². The van der Waals surface area contributed by atoms with Crippen LogP contribution in [0.25, 0.3) is 23.0 Å². The molecule has 0 spiro atoms. The van der Waals surface area contributed by atoms with Gasteiger partial charge < -0.3 is 9.64 Å². The van der Waals surface area contributed by atoms with E-state index >= 15 is 0 Å². The molecule has 1 fully saturated rings. The second kappa shape index (κ2) is 11.3. The van der Waals surface area contributed by atoms with Crippen LogP contribution in [-0.2, 0) is 0 Å². The summed E-state index contributed by atoms with van der Waals surface area (Å²) in [7, 11) is 1.65. The number of rotatable bonds is 7. The number of piperazine rings is 1. The van der Waals surface area contributed by atoms with Crippen molar-refractivity contribution in [2.45, 2.75) is 6.92 Å². The van der Waals surface area contributed by atoms with Crippen molar-refractivity contribution in [1.82, 2.24) is 19.6 Å². The van der Waals surface area contributed by atoms with E-state index in [1.165, 1.54) is 5.56 Å². The van der Waals surface area contributed by atoms with Gasteiger partial charge in [-0.2, -0.15) is 5.10 Å². The zero-order chi connectivity index (χ0) is 25.6. The second-order valence-electron chi connectivity index (χ2n) is 9.30. The minimum absolute atomic E-state index is 0.00157. The molecule has 1 aliphatic rings. The van der Waals surface area contributed by atoms with Gasteiger partial charge >= 0.3 is 0 Å². The molecule has 5 rings (SSSR count). The van der Waals surface area contributed by atoms with E-state index in [2.05, 4.69) is 36.1 Å². The first-order valence-electron chi connectivity index (χ1n) is 12.7. The summed E-state index contributed by atoms with van der Waals surface area (Å²) in [6.07, 6.45) is 4.34. The summed E-state index contributed by atoms with van der Waals surface area (Å²) in [5, 5.41) is 4.85. The quantitative estimate of drug-likeness (QED) is 0.350. The average molecular weight is 493 g/mol. The van der Waals surface area contributed by atoms with Crippen LogP contribution in [0.3, 0.4) is 0 Å². The van der Waals surface area contributed by atoms with Crippen molar-refractivity contribution in [3.05, 3.63) is 108 Å². The highest BCUT2D eigenvalue weighted by molar-refractivity contribution is 5.94. The fourth-order valence-corrected chi connectivity index (χ4v) is 4.54. The van der Waals surface area contributed by atoms with E-state index in [4.69, 9.17) is 9.84 Å². The lowest BCUT2D eigenvalue weighted by Crippen LogP contribution is -2.49. The maximum absolute atomic E-state index is 13.7. The van der Waals surface area contributed by atoms with Crippen LogP contribution in [0, 0.1) is 6.92 Å². The zero-order valence-electron chi connectivity index (χ0n) is 21.4. The fraction of sp³-hybridized carbons (Fsp3) is 0.226. The molecule has 2 heterocycles. The number of aromatic nitrogens is 2. The van der Waals surface area contributed by atoms with E-state index in [0.717, 1.165) is 47.9 Å². The standard InChI is InChI=1S/C31H32N4O2/c1-24-13-15-27(16-14-24)35-30(23-29(32-35)26-11-6-12-28(22-26)37-2)31(36)34-20-18-33(19-21-34)17-7-10-25-8-4-3-5-9-25/h3-16,22-23H,17-21H2,1-2H3/b10-7+. The zero-order valence-corrected chi connectivity index (χ0v) is 21.4. The average Bonchev–Trinajstić information content (AvgIpc) is 3.40. The molecule has 0 unspecified atom stereocenters. The summed E-state index contributed by atoms with van der Waals surface area (Å²) in [6, 6.07) is 28.1. The molecule has 1 aromatic heterocycles. The van der Waals surface area contributed by atoms with Gasteiger partial charge in [0.15, 0.2) is 0 Å². The van der Waals surface area contributed by atoms with E-state index in [1.54, 1.807) is 11.8 Å². The summed E-state index contributed by atoms with van der Waals surface area (Å²) in [6.45, 7) is 5.98. The van der Waals surface area contributed by atoms with Crippen molar-refractivity contribution in [2.24, 2.45) is 0 Å². The molecule has 1 aliphatic heterocycles. The number of carbonyl (C=O) groups is 1. The van der Waals surface area contributed by atoms with Crippen molar-refractivity contribution in [1.29, 1.82) is 0 Å². The van der Waals surface area contributed by atoms with Crippen LogP contribution in [0.5, 0.6) is 5.75 Å². The Bertz CT molecular complexity index is 1370. The first-order valence-corrected chi connectivity index (χ1v) is 12.7. The Kier molecular flexibility index (Phi) is 7.47. The SMILES string of the molecule is COc1cccc(-c2cc(C(=O)N3CCN(C/C=C/c4ccccc4)CC3)n(-c3ccc(C)cc3)n2)c1. The lowest BCUT2D eigenvalue weighted by molar-refractivity contribution is 0.0641. The molecule has 188 valence electrons. The Morgan fingerprint density at radius 1 is 0.919 bits per heavy atom. The Hall–Kier alpha value is -4.16. The molecule has 0 radical (unpaired) electrons. The molecule has 37 heavy (non-hydrogen) atoms. The molecule has 6 nitrogen and oxygen atoms in total. The number of hydrogen-bond donors (Lipinski definition) is 0. The van der Waals surface area contributed by atoms with Gasteiger partial charge in [0.25, 0.3) is 5.91 Å². The third-order valence-corrected chi connectivity index (χ3v) is 6.71. The molecule has 0 saturated carbocycles. The first kappa shape index (κ1) is 24.5. The van der Waals surface area contributed by atoms with Crippen LogP contribution < -0.4 is 4.74 Å². The number of hydrogen-bond acceptors (Lipinski definition) is 4. The molecule has 1 amide bonds. The third-order valence-electron chi connectivity index (χ3n) is 6.71. The minimum Gasteiger partial charge on any atom is -0.497 e. The van der Waals surface area contributed by atoms with Crippen LogP contribution in [-0.4, -0.2) is 65.3 Å².